The highest BCUT2D eigenvalue weighted by Crippen LogP contribution is 2.23. The minimum absolute atomic E-state index is 0.226. The van der Waals surface area contributed by atoms with Crippen LogP contribution in [0.15, 0.2) is 0 Å². The van der Waals surface area contributed by atoms with Gasteiger partial charge in [0, 0.05) is 12.7 Å². The van der Waals surface area contributed by atoms with Gasteiger partial charge in [-0.15, -0.1) is 0 Å². The number of carbonyl (C=O) groups excluding carboxylic acids is 1. The molecule has 0 fully saturated rings. The van der Waals surface area contributed by atoms with Crippen LogP contribution in [0, 0.1) is 0 Å². The van der Waals surface area contributed by atoms with Gasteiger partial charge in [-0.2, -0.15) is 0 Å². The fourth-order valence-corrected chi connectivity index (χ4v) is 3.80. The molecule has 0 rings (SSSR count). The summed E-state index contributed by atoms with van der Waals surface area (Å²) in [7, 11) is 3.10. The molecule has 0 radical (unpaired) electrons. The van der Waals surface area contributed by atoms with Gasteiger partial charge >= 0.3 is 0 Å². The van der Waals surface area contributed by atoms with Gasteiger partial charge in [-0.1, -0.05) is 88.3 Å². The lowest BCUT2D eigenvalue weighted by Crippen LogP contribution is -1.84. The van der Waals surface area contributed by atoms with Crippen molar-refractivity contribution in [3.05, 3.63) is 0 Å². The first-order valence-electron chi connectivity index (χ1n) is 8.07. The Hall–Kier alpha value is 0.370. The molecule has 0 spiro atoms. The van der Waals surface area contributed by atoms with Gasteiger partial charge in [0.1, 0.15) is 0 Å². The second kappa shape index (κ2) is 16.4. The largest absolute Gasteiger partial charge is 0.287 e. The molecule has 0 bridgehead atoms. The van der Waals surface area contributed by atoms with E-state index in [0.29, 0.717) is 0 Å². The standard InChI is InChI=1S/C16H32OS2/c1-3-4-5-6-7-8-9-10-11-12-13-14-15-18-19-16(2)17/h3-15H2,1-2H3. The molecular formula is C16H32OS2. The zero-order valence-corrected chi connectivity index (χ0v) is 14.6. The molecule has 114 valence electrons. The molecule has 1 nitrogen and oxygen atoms in total. The lowest BCUT2D eigenvalue weighted by molar-refractivity contribution is -0.109. The minimum atomic E-state index is 0.226. The first-order chi connectivity index (χ1) is 9.27. The van der Waals surface area contributed by atoms with Crippen LogP contribution in [0.5, 0.6) is 0 Å². The Morgan fingerprint density at radius 2 is 1.16 bits per heavy atom. The van der Waals surface area contributed by atoms with Crippen molar-refractivity contribution in [3.63, 3.8) is 0 Å². The Balaban J connectivity index is 2.93. The van der Waals surface area contributed by atoms with Crippen molar-refractivity contribution >= 4 is 26.7 Å². The molecule has 0 aliphatic heterocycles. The second-order valence-corrected chi connectivity index (χ2v) is 7.88. The Kier molecular flexibility index (Phi) is 16.7. The molecule has 0 heterocycles. The normalized spacial score (nSPS) is 10.8. The second-order valence-electron chi connectivity index (χ2n) is 5.29. The first-order valence-corrected chi connectivity index (χ1v) is 10.4. The first kappa shape index (κ1) is 19.4. The summed E-state index contributed by atoms with van der Waals surface area (Å²) in [5.41, 5.74) is 0. The summed E-state index contributed by atoms with van der Waals surface area (Å²) >= 11 is 0. The molecule has 0 amide bonds. The number of unbranched alkanes of at least 4 members (excludes halogenated alkanes) is 11. The number of hydrogen-bond acceptors (Lipinski definition) is 3. The van der Waals surface area contributed by atoms with Crippen LogP contribution in [0.2, 0.25) is 0 Å². The maximum Gasteiger partial charge on any atom is 0.196 e. The average Bonchev–Trinajstić information content (AvgIpc) is 2.39. The van der Waals surface area contributed by atoms with Crippen molar-refractivity contribution in [1.82, 2.24) is 0 Å². The molecule has 0 unspecified atom stereocenters. The van der Waals surface area contributed by atoms with Crippen molar-refractivity contribution in [2.24, 2.45) is 0 Å². The van der Waals surface area contributed by atoms with Gasteiger partial charge in [-0.25, -0.2) is 0 Å². The maximum atomic E-state index is 10.7. The Labute approximate surface area is 128 Å². The van der Waals surface area contributed by atoms with E-state index in [1.54, 1.807) is 17.7 Å². The molecule has 0 saturated heterocycles. The summed E-state index contributed by atoms with van der Waals surface area (Å²) in [6.45, 7) is 3.91. The van der Waals surface area contributed by atoms with E-state index in [1.807, 2.05) is 0 Å². The molecule has 0 aromatic rings. The van der Waals surface area contributed by atoms with Gasteiger partial charge in [-0.3, -0.25) is 4.79 Å². The van der Waals surface area contributed by atoms with Gasteiger partial charge < -0.3 is 0 Å². The lowest BCUT2D eigenvalue weighted by Gasteiger charge is -2.02. The highest BCUT2D eigenvalue weighted by atomic mass is 33.1. The summed E-state index contributed by atoms with van der Waals surface area (Å²) in [6.07, 6.45) is 16.8. The molecule has 0 aromatic carbocycles. The molecule has 19 heavy (non-hydrogen) atoms. The van der Waals surface area contributed by atoms with Crippen LogP contribution < -0.4 is 0 Å². The molecule has 3 heteroatoms. The smallest absolute Gasteiger partial charge is 0.196 e. The van der Waals surface area contributed by atoms with Crippen molar-refractivity contribution in [1.29, 1.82) is 0 Å². The summed E-state index contributed by atoms with van der Waals surface area (Å²) in [5.74, 6) is 1.13. The van der Waals surface area contributed by atoms with Crippen LogP contribution >= 0.6 is 21.6 Å². The van der Waals surface area contributed by atoms with Gasteiger partial charge in [0.15, 0.2) is 5.12 Å². The van der Waals surface area contributed by atoms with E-state index < -0.39 is 0 Å². The Bertz CT molecular complexity index is 195. The average molecular weight is 305 g/mol. The fraction of sp³-hybridized carbons (Fsp3) is 0.938. The molecule has 0 atom stereocenters. The van der Waals surface area contributed by atoms with Crippen molar-refractivity contribution in [3.8, 4) is 0 Å². The van der Waals surface area contributed by atoms with Gasteiger partial charge in [0.25, 0.3) is 0 Å². The van der Waals surface area contributed by atoms with E-state index in [0.717, 1.165) is 5.75 Å². The topological polar surface area (TPSA) is 17.1 Å². The van der Waals surface area contributed by atoms with Crippen molar-refractivity contribution in [2.45, 2.75) is 90.9 Å². The molecular weight excluding hydrogens is 272 g/mol. The third-order valence-electron chi connectivity index (χ3n) is 3.26. The van der Waals surface area contributed by atoms with Gasteiger partial charge in [-0.05, 0) is 17.2 Å². The molecule has 0 aliphatic rings. The van der Waals surface area contributed by atoms with Crippen LogP contribution in [0.3, 0.4) is 0 Å². The van der Waals surface area contributed by atoms with E-state index in [-0.39, 0.29) is 5.12 Å². The summed E-state index contributed by atoms with van der Waals surface area (Å²) in [6, 6.07) is 0. The summed E-state index contributed by atoms with van der Waals surface area (Å²) in [4.78, 5) is 10.7. The zero-order chi connectivity index (χ0) is 14.2. The third kappa shape index (κ3) is 18.4. The SMILES string of the molecule is CCCCCCCCCCCCCCSSC(C)=O. The summed E-state index contributed by atoms with van der Waals surface area (Å²) < 4.78 is 0. The van der Waals surface area contributed by atoms with Crippen molar-refractivity contribution < 1.29 is 4.79 Å². The quantitative estimate of drug-likeness (QED) is 0.265. The van der Waals surface area contributed by atoms with E-state index in [9.17, 15) is 4.79 Å². The summed E-state index contributed by atoms with van der Waals surface area (Å²) in [5, 5.41) is 0.226. The van der Waals surface area contributed by atoms with Crippen LogP contribution in [0.25, 0.3) is 0 Å². The molecule has 0 aromatic heterocycles. The molecule has 0 N–H and O–H groups in total. The van der Waals surface area contributed by atoms with E-state index in [1.165, 1.54) is 87.8 Å². The Morgan fingerprint density at radius 3 is 1.58 bits per heavy atom. The fourth-order valence-electron chi connectivity index (χ4n) is 2.13. The molecule has 0 saturated carbocycles. The van der Waals surface area contributed by atoms with Crippen LogP contribution in [-0.2, 0) is 4.79 Å². The van der Waals surface area contributed by atoms with E-state index in [2.05, 4.69) is 6.92 Å². The van der Waals surface area contributed by atoms with E-state index >= 15 is 0 Å². The van der Waals surface area contributed by atoms with Crippen molar-refractivity contribution in [2.75, 3.05) is 5.75 Å². The van der Waals surface area contributed by atoms with Crippen LogP contribution in [0.4, 0.5) is 0 Å². The Morgan fingerprint density at radius 1 is 0.737 bits per heavy atom. The number of hydrogen-bond donors (Lipinski definition) is 0. The zero-order valence-electron chi connectivity index (χ0n) is 12.9. The van der Waals surface area contributed by atoms with Gasteiger partial charge in [0.2, 0.25) is 0 Å². The monoisotopic (exact) mass is 304 g/mol. The molecule has 0 aliphatic carbocycles. The highest BCUT2D eigenvalue weighted by molar-refractivity contribution is 8.82. The predicted octanol–water partition coefficient (Wildman–Crippen LogP) is 6.62. The van der Waals surface area contributed by atoms with E-state index in [4.69, 9.17) is 0 Å². The predicted molar refractivity (Wildman–Crippen MR) is 91.8 cm³/mol. The number of carbonyl (C=O) groups is 1. The third-order valence-corrected chi connectivity index (χ3v) is 5.62. The van der Waals surface area contributed by atoms with Crippen LogP contribution in [-0.4, -0.2) is 10.9 Å². The highest BCUT2D eigenvalue weighted by Gasteiger charge is 1.96. The lowest BCUT2D eigenvalue weighted by atomic mass is 10.1. The number of rotatable bonds is 14. The maximum absolute atomic E-state index is 10.7. The minimum Gasteiger partial charge on any atom is -0.287 e. The van der Waals surface area contributed by atoms with Gasteiger partial charge in [0.05, 0.1) is 0 Å². The van der Waals surface area contributed by atoms with Crippen LogP contribution in [0.1, 0.15) is 90.9 Å².